The Morgan fingerprint density at radius 3 is 2.40 bits per heavy atom. The van der Waals surface area contributed by atoms with E-state index in [0.29, 0.717) is 22.2 Å². The fraction of sp³-hybridized carbons (Fsp3) is 0.909. The van der Waals surface area contributed by atoms with E-state index in [9.17, 15) is 4.79 Å². The topological polar surface area (TPSA) is 26.3 Å². The Labute approximate surface area is 108 Å². The Balaban J connectivity index is 2.66. The highest BCUT2D eigenvalue weighted by atomic mass is 79.9. The standard InChI is InChI=1S/C11H18Br2O2/c1-5-15-10(14)8-7(11(8,3)4)9(13)6(2)12/h6-9H,5H2,1-4H3/t6?,7?,8-,9?/m0/s1. The van der Waals surface area contributed by atoms with Gasteiger partial charge in [-0.2, -0.15) is 0 Å². The molecule has 4 heteroatoms. The molecule has 0 spiro atoms. The summed E-state index contributed by atoms with van der Waals surface area (Å²) < 4.78 is 5.09. The largest absolute Gasteiger partial charge is 0.466 e. The average Bonchev–Trinajstić information content (AvgIpc) is 2.68. The molecule has 1 fully saturated rings. The maximum absolute atomic E-state index is 11.7. The second-order valence-corrected chi connectivity index (χ2v) is 7.20. The molecule has 0 aromatic heterocycles. The van der Waals surface area contributed by atoms with Crippen LogP contribution in [0.5, 0.6) is 0 Å². The predicted molar refractivity (Wildman–Crippen MR) is 68.5 cm³/mol. The van der Waals surface area contributed by atoms with Crippen molar-refractivity contribution in [3.8, 4) is 0 Å². The lowest BCUT2D eigenvalue weighted by Crippen LogP contribution is -2.17. The summed E-state index contributed by atoms with van der Waals surface area (Å²) in [7, 11) is 0. The van der Waals surface area contributed by atoms with E-state index in [-0.39, 0.29) is 17.3 Å². The zero-order chi connectivity index (χ0) is 11.8. The third kappa shape index (κ3) is 2.57. The number of rotatable bonds is 4. The SMILES string of the molecule is CCOC(=O)[C@@H]1C(C(Br)C(C)Br)C1(C)C. The van der Waals surface area contributed by atoms with Gasteiger partial charge < -0.3 is 4.74 Å². The van der Waals surface area contributed by atoms with Gasteiger partial charge >= 0.3 is 5.97 Å². The van der Waals surface area contributed by atoms with Gasteiger partial charge in [-0.25, -0.2) is 0 Å². The van der Waals surface area contributed by atoms with Crippen LogP contribution in [0.1, 0.15) is 27.7 Å². The highest BCUT2D eigenvalue weighted by Gasteiger charge is 2.65. The van der Waals surface area contributed by atoms with Crippen LogP contribution in [-0.2, 0) is 9.53 Å². The third-order valence-electron chi connectivity index (χ3n) is 3.23. The zero-order valence-corrected chi connectivity index (χ0v) is 12.8. The van der Waals surface area contributed by atoms with Crippen LogP contribution in [0.15, 0.2) is 0 Å². The second kappa shape index (κ2) is 4.74. The summed E-state index contributed by atoms with van der Waals surface area (Å²) in [6.07, 6.45) is 0. The molecule has 0 aromatic carbocycles. The first-order valence-corrected chi connectivity index (χ1v) is 7.12. The molecule has 0 amide bonds. The van der Waals surface area contributed by atoms with Crippen LogP contribution in [0, 0.1) is 17.3 Å². The molecule has 1 aliphatic carbocycles. The van der Waals surface area contributed by atoms with Gasteiger partial charge in [0.25, 0.3) is 0 Å². The first-order chi connectivity index (χ1) is 6.84. The molecule has 0 bridgehead atoms. The normalized spacial score (nSPS) is 31.9. The highest BCUT2D eigenvalue weighted by Crippen LogP contribution is 2.62. The van der Waals surface area contributed by atoms with Gasteiger partial charge in [0, 0.05) is 9.65 Å². The van der Waals surface area contributed by atoms with Crippen LogP contribution >= 0.6 is 31.9 Å². The number of ether oxygens (including phenoxy) is 1. The van der Waals surface area contributed by atoms with Gasteiger partial charge in [0.1, 0.15) is 0 Å². The lowest BCUT2D eigenvalue weighted by atomic mass is 10.1. The van der Waals surface area contributed by atoms with Crippen molar-refractivity contribution < 1.29 is 9.53 Å². The first kappa shape index (κ1) is 13.5. The number of carbonyl (C=O) groups excluding carboxylic acids is 1. The smallest absolute Gasteiger partial charge is 0.309 e. The molecule has 1 rings (SSSR count). The van der Waals surface area contributed by atoms with E-state index in [1.807, 2.05) is 6.92 Å². The monoisotopic (exact) mass is 340 g/mol. The maximum atomic E-state index is 11.7. The quantitative estimate of drug-likeness (QED) is 0.579. The summed E-state index contributed by atoms with van der Waals surface area (Å²) in [6.45, 7) is 8.66. The van der Waals surface area contributed by atoms with Crippen LogP contribution in [0.3, 0.4) is 0 Å². The maximum Gasteiger partial charge on any atom is 0.309 e. The van der Waals surface area contributed by atoms with Crippen molar-refractivity contribution >= 4 is 37.8 Å². The van der Waals surface area contributed by atoms with Crippen molar-refractivity contribution in [2.75, 3.05) is 6.61 Å². The number of halogens is 2. The van der Waals surface area contributed by atoms with Gasteiger partial charge in [-0.15, -0.1) is 0 Å². The molecule has 1 saturated carbocycles. The van der Waals surface area contributed by atoms with E-state index in [1.165, 1.54) is 0 Å². The molecule has 3 unspecified atom stereocenters. The molecular formula is C11H18Br2O2. The van der Waals surface area contributed by atoms with Crippen molar-refractivity contribution in [2.45, 2.75) is 37.3 Å². The van der Waals surface area contributed by atoms with E-state index in [2.05, 4.69) is 52.6 Å². The summed E-state index contributed by atoms with van der Waals surface area (Å²) >= 11 is 7.20. The lowest BCUT2D eigenvalue weighted by molar-refractivity contribution is -0.145. The van der Waals surface area contributed by atoms with Crippen molar-refractivity contribution in [2.24, 2.45) is 17.3 Å². The molecule has 0 radical (unpaired) electrons. The minimum atomic E-state index is -0.0508. The molecule has 0 heterocycles. The minimum Gasteiger partial charge on any atom is -0.466 e. The highest BCUT2D eigenvalue weighted by molar-refractivity contribution is 9.12. The van der Waals surface area contributed by atoms with Crippen molar-refractivity contribution in [1.29, 1.82) is 0 Å². The first-order valence-electron chi connectivity index (χ1n) is 5.28. The Kier molecular flexibility index (Phi) is 4.27. The molecule has 0 saturated heterocycles. The Hall–Kier alpha value is 0.430. The fourth-order valence-corrected chi connectivity index (χ4v) is 3.56. The molecule has 0 aliphatic heterocycles. The number of alkyl halides is 2. The second-order valence-electron chi connectivity index (χ2n) is 4.70. The van der Waals surface area contributed by atoms with Gasteiger partial charge in [0.15, 0.2) is 0 Å². The van der Waals surface area contributed by atoms with Crippen LogP contribution in [0.25, 0.3) is 0 Å². The van der Waals surface area contributed by atoms with E-state index < -0.39 is 0 Å². The molecule has 0 N–H and O–H groups in total. The van der Waals surface area contributed by atoms with Gasteiger partial charge in [-0.05, 0) is 18.3 Å². The Morgan fingerprint density at radius 2 is 2.00 bits per heavy atom. The van der Waals surface area contributed by atoms with E-state index in [1.54, 1.807) is 0 Å². The van der Waals surface area contributed by atoms with Crippen LogP contribution in [-0.4, -0.2) is 22.2 Å². The average molecular weight is 342 g/mol. The molecular weight excluding hydrogens is 324 g/mol. The van der Waals surface area contributed by atoms with Gasteiger partial charge in [-0.1, -0.05) is 52.6 Å². The number of carbonyl (C=O) groups is 1. The van der Waals surface area contributed by atoms with Gasteiger partial charge in [0.05, 0.1) is 12.5 Å². The molecule has 88 valence electrons. The number of hydrogen-bond acceptors (Lipinski definition) is 2. The van der Waals surface area contributed by atoms with E-state index in [0.717, 1.165) is 0 Å². The Morgan fingerprint density at radius 1 is 1.47 bits per heavy atom. The minimum absolute atomic E-state index is 0.0434. The summed E-state index contributed by atoms with van der Waals surface area (Å²) in [5, 5.41) is 0. The summed E-state index contributed by atoms with van der Waals surface area (Å²) in [4.78, 5) is 12.4. The van der Waals surface area contributed by atoms with Gasteiger partial charge in [0.2, 0.25) is 0 Å². The molecule has 15 heavy (non-hydrogen) atoms. The van der Waals surface area contributed by atoms with Gasteiger partial charge in [-0.3, -0.25) is 4.79 Å². The molecule has 1 aliphatic rings. The molecule has 2 nitrogen and oxygen atoms in total. The summed E-state index contributed by atoms with van der Waals surface area (Å²) in [5.74, 6) is 0.359. The molecule has 4 atom stereocenters. The van der Waals surface area contributed by atoms with Crippen LogP contribution < -0.4 is 0 Å². The van der Waals surface area contributed by atoms with Crippen LogP contribution in [0.4, 0.5) is 0 Å². The third-order valence-corrected chi connectivity index (χ3v) is 5.87. The number of esters is 1. The fourth-order valence-electron chi connectivity index (χ4n) is 2.24. The molecule has 0 aromatic rings. The Bertz CT molecular complexity index is 251. The lowest BCUT2D eigenvalue weighted by Gasteiger charge is -2.13. The summed E-state index contributed by atoms with van der Waals surface area (Å²) in [6, 6.07) is 0. The summed E-state index contributed by atoms with van der Waals surface area (Å²) in [5.41, 5.74) is 0.0580. The van der Waals surface area contributed by atoms with Crippen LogP contribution in [0.2, 0.25) is 0 Å². The van der Waals surface area contributed by atoms with Crippen molar-refractivity contribution in [1.82, 2.24) is 0 Å². The number of hydrogen-bond donors (Lipinski definition) is 0. The van der Waals surface area contributed by atoms with Crippen molar-refractivity contribution in [3.63, 3.8) is 0 Å². The van der Waals surface area contributed by atoms with E-state index >= 15 is 0 Å². The van der Waals surface area contributed by atoms with Crippen molar-refractivity contribution in [3.05, 3.63) is 0 Å². The predicted octanol–water partition coefficient (Wildman–Crippen LogP) is 3.37. The van der Waals surface area contributed by atoms with E-state index in [4.69, 9.17) is 4.74 Å². The zero-order valence-electron chi connectivity index (χ0n) is 9.59.